The highest BCUT2D eigenvalue weighted by Crippen LogP contribution is 2.25. The van der Waals surface area contributed by atoms with Gasteiger partial charge in [0.15, 0.2) is 12.4 Å². The molecule has 8 nitrogen and oxygen atoms in total. The number of rotatable bonds is 6. The van der Waals surface area contributed by atoms with Gasteiger partial charge in [-0.25, -0.2) is 10.4 Å². The average Bonchev–Trinajstić information content (AvgIpc) is 2.67. The Hall–Kier alpha value is -3.52. The molecule has 2 aromatic carbocycles. The van der Waals surface area contributed by atoms with Crippen molar-refractivity contribution >= 4 is 40.3 Å². The van der Waals surface area contributed by atoms with Gasteiger partial charge in [-0.2, -0.15) is 5.10 Å². The fraction of sp³-hybridized carbons (Fsp3) is 0.0556. The Morgan fingerprint density at radius 3 is 2.81 bits per heavy atom. The first-order chi connectivity index (χ1) is 13.0. The molecule has 0 atom stereocenters. The van der Waals surface area contributed by atoms with Gasteiger partial charge >= 0.3 is 5.69 Å². The van der Waals surface area contributed by atoms with E-state index in [2.05, 4.69) is 15.5 Å². The van der Waals surface area contributed by atoms with E-state index >= 15 is 0 Å². The van der Waals surface area contributed by atoms with Crippen molar-refractivity contribution in [3.8, 4) is 5.75 Å². The summed E-state index contributed by atoms with van der Waals surface area (Å²) in [6.07, 6.45) is 1.37. The van der Waals surface area contributed by atoms with Gasteiger partial charge in [0.2, 0.25) is 0 Å². The Kier molecular flexibility index (Phi) is 5.58. The van der Waals surface area contributed by atoms with E-state index in [1.807, 2.05) is 24.3 Å². The number of nitro benzene ring substituents is 1. The van der Waals surface area contributed by atoms with E-state index in [9.17, 15) is 14.9 Å². The third kappa shape index (κ3) is 4.56. The fourth-order valence-corrected chi connectivity index (χ4v) is 2.47. The molecule has 9 heteroatoms. The summed E-state index contributed by atoms with van der Waals surface area (Å²) in [6.45, 7) is -0.425. The molecule has 1 amide bonds. The third-order valence-electron chi connectivity index (χ3n) is 3.52. The molecule has 0 aliphatic carbocycles. The van der Waals surface area contributed by atoms with Crippen LogP contribution in [0.1, 0.15) is 5.56 Å². The van der Waals surface area contributed by atoms with Crippen molar-refractivity contribution < 1.29 is 14.5 Å². The lowest BCUT2D eigenvalue weighted by molar-refractivity contribution is -0.385. The minimum Gasteiger partial charge on any atom is -0.477 e. The molecule has 0 unspecified atom stereocenters. The number of benzene rings is 2. The maximum absolute atomic E-state index is 11.8. The zero-order valence-electron chi connectivity index (χ0n) is 13.8. The molecule has 0 spiro atoms. The quantitative estimate of drug-likeness (QED) is 0.303. The second kappa shape index (κ2) is 8.24. The van der Waals surface area contributed by atoms with E-state index in [0.717, 1.165) is 10.9 Å². The molecular formula is C18H13ClN4O4. The van der Waals surface area contributed by atoms with Crippen molar-refractivity contribution in [1.29, 1.82) is 0 Å². The number of hydrazone groups is 1. The van der Waals surface area contributed by atoms with Gasteiger partial charge in [-0.05, 0) is 18.2 Å². The van der Waals surface area contributed by atoms with E-state index in [-0.39, 0.29) is 16.6 Å². The standard InChI is InChI=1S/C18H13ClN4O4/c19-18-13(9-12-5-1-2-6-14(12)21-18)10-20-22-17(24)11-27-16-8-4-3-7-15(16)23(25)26/h1-10H,11H2,(H,22,24). The molecule has 0 saturated heterocycles. The number of carbonyl (C=O) groups is 1. The van der Waals surface area contributed by atoms with Crippen LogP contribution in [-0.2, 0) is 4.79 Å². The van der Waals surface area contributed by atoms with Gasteiger partial charge in [0, 0.05) is 17.0 Å². The summed E-state index contributed by atoms with van der Waals surface area (Å²) in [5.74, 6) is -0.572. The van der Waals surface area contributed by atoms with E-state index in [4.69, 9.17) is 16.3 Å². The Balaban J connectivity index is 1.61. The molecule has 0 bridgehead atoms. The molecule has 0 aliphatic heterocycles. The van der Waals surface area contributed by atoms with Crippen LogP contribution < -0.4 is 10.2 Å². The van der Waals surface area contributed by atoms with Crippen LogP contribution in [0.5, 0.6) is 5.75 Å². The van der Waals surface area contributed by atoms with Gasteiger partial charge in [-0.15, -0.1) is 0 Å². The van der Waals surface area contributed by atoms with Gasteiger partial charge in [-0.1, -0.05) is 41.9 Å². The van der Waals surface area contributed by atoms with Crippen molar-refractivity contribution in [1.82, 2.24) is 10.4 Å². The highest BCUT2D eigenvalue weighted by molar-refractivity contribution is 6.32. The summed E-state index contributed by atoms with van der Waals surface area (Å²) in [6, 6.07) is 15.0. The molecule has 3 aromatic rings. The number of pyridine rings is 1. The zero-order chi connectivity index (χ0) is 19.2. The van der Waals surface area contributed by atoms with Gasteiger partial charge < -0.3 is 4.74 Å². The molecule has 27 heavy (non-hydrogen) atoms. The molecule has 1 N–H and O–H groups in total. The normalized spacial score (nSPS) is 10.9. The van der Waals surface area contributed by atoms with E-state index < -0.39 is 17.4 Å². The predicted octanol–water partition coefficient (Wildman–Crippen LogP) is 3.33. The number of carbonyl (C=O) groups excluding carboxylic acids is 1. The number of hydrogen-bond acceptors (Lipinski definition) is 6. The van der Waals surface area contributed by atoms with Gasteiger partial charge in [0.25, 0.3) is 5.91 Å². The SMILES string of the molecule is O=C(COc1ccccc1[N+](=O)[O-])NN=Cc1cc2ccccc2nc1Cl. The number of nitro groups is 1. The van der Waals surface area contributed by atoms with Crippen LogP contribution in [0, 0.1) is 10.1 Å². The summed E-state index contributed by atoms with van der Waals surface area (Å²) in [5.41, 5.74) is 3.34. The molecule has 0 aliphatic rings. The predicted molar refractivity (Wildman–Crippen MR) is 101 cm³/mol. The number of nitrogens with one attached hydrogen (secondary N) is 1. The van der Waals surface area contributed by atoms with Crippen molar-refractivity contribution in [2.75, 3.05) is 6.61 Å². The topological polar surface area (TPSA) is 107 Å². The zero-order valence-corrected chi connectivity index (χ0v) is 14.6. The minimum atomic E-state index is -0.583. The summed E-state index contributed by atoms with van der Waals surface area (Å²) < 4.78 is 5.18. The molecule has 0 fully saturated rings. The maximum Gasteiger partial charge on any atom is 0.310 e. The molecule has 3 rings (SSSR count). The highest BCUT2D eigenvalue weighted by Gasteiger charge is 2.14. The highest BCUT2D eigenvalue weighted by atomic mass is 35.5. The smallest absolute Gasteiger partial charge is 0.310 e. The fourth-order valence-electron chi connectivity index (χ4n) is 2.28. The van der Waals surface area contributed by atoms with Crippen LogP contribution in [0.25, 0.3) is 10.9 Å². The van der Waals surface area contributed by atoms with Crippen molar-refractivity contribution in [2.24, 2.45) is 5.10 Å². The number of ether oxygens (including phenoxy) is 1. The Morgan fingerprint density at radius 2 is 2.00 bits per heavy atom. The first kappa shape index (κ1) is 18.3. The van der Waals surface area contributed by atoms with Crippen LogP contribution in [-0.4, -0.2) is 28.6 Å². The van der Waals surface area contributed by atoms with Gasteiger partial charge in [0.1, 0.15) is 5.15 Å². The lowest BCUT2D eigenvalue weighted by atomic mass is 10.2. The first-order valence-corrected chi connectivity index (χ1v) is 8.16. The Bertz CT molecular complexity index is 1040. The molecule has 136 valence electrons. The largest absolute Gasteiger partial charge is 0.477 e. The molecule has 1 heterocycles. The van der Waals surface area contributed by atoms with Gasteiger partial charge in [-0.3, -0.25) is 14.9 Å². The lowest BCUT2D eigenvalue weighted by Crippen LogP contribution is -2.24. The summed E-state index contributed by atoms with van der Waals surface area (Å²) >= 11 is 6.10. The van der Waals surface area contributed by atoms with Crippen molar-refractivity contribution in [2.45, 2.75) is 0 Å². The van der Waals surface area contributed by atoms with E-state index in [0.29, 0.717) is 5.56 Å². The molecule has 0 saturated carbocycles. The monoisotopic (exact) mass is 384 g/mol. The number of hydrogen-bond donors (Lipinski definition) is 1. The molecule has 1 aromatic heterocycles. The van der Waals surface area contributed by atoms with Crippen LogP contribution >= 0.6 is 11.6 Å². The second-order valence-corrected chi connectivity index (χ2v) is 5.73. The number of fused-ring (bicyclic) bond motifs is 1. The Morgan fingerprint density at radius 1 is 1.26 bits per heavy atom. The molecular weight excluding hydrogens is 372 g/mol. The average molecular weight is 385 g/mol. The van der Waals surface area contributed by atoms with Crippen molar-refractivity contribution in [3.05, 3.63) is 75.4 Å². The lowest BCUT2D eigenvalue weighted by Gasteiger charge is -2.05. The minimum absolute atomic E-state index is 0.00315. The van der Waals surface area contributed by atoms with Crippen molar-refractivity contribution in [3.63, 3.8) is 0 Å². The van der Waals surface area contributed by atoms with Crippen LogP contribution in [0.4, 0.5) is 5.69 Å². The van der Waals surface area contributed by atoms with Crippen LogP contribution in [0.2, 0.25) is 5.15 Å². The van der Waals surface area contributed by atoms with Crippen LogP contribution in [0.3, 0.4) is 0 Å². The first-order valence-electron chi connectivity index (χ1n) is 7.78. The van der Waals surface area contributed by atoms with Crippen LogP contribution in [0.15, 0.2) is 59.7 Å². The number of halogens is 1. The number of para-hydroxylation sites is 3. The molecule has 0 radical (unpaired) electrons. The maximum atomic E-state index is 11.8. The Labute approximate surface area is 158 Å². The third-order valence-corrected chi connectivity index (χ3v) is 3.82. The second-order valence-electron chi connectivity index (χ2n) is 5.37. The van der Waals surface area contributed by atoms with Gasteiger partial charge in [0.05, 0.1) is 16.7 Å². The summed E-state index contributed by atoms with van der Waals surface area (Å²) in [5, 5.41) is 15.9. The number of aromatic nitrogens is 1. The van der Waals surface area contributed by atoms with E-state index in [1.165, 1.54) is 24.4 Å². The van der Waals surface area contributed by atoms with E-state index in [1.54, 1.807) is 12.1 Å². The number of nitrogens with zero attached hydrogens (tertiary/aromatic N) is 3. The summed E-state index contributed by atoms with van der Waals surface area (Å²) in [7, 11) is 0. The number of amides is 1. The summed E-state index contributed by atoms with van der Waals surface area (Å²) in [4.78, 5) is 26.4.